The van der Waals surface area contributed by atoms with Crippen LogP contribution >= 0.6 is 0 Å². The van der Waals surface area contributed by atoms with Crippen molar-refractivity contribution < 1.29 is 9.47 Å². The van der Waals surface area contributed by atoms with Crippen molar-refractivity contribution in [1.29, 1.82) is 0 Å². The maximum atomic E-state index is 5.41. The molecule has 0 bridgehead atoms. The van der Waals surface area contributed by atoms with Gasteiger partial charge in [0, 0.05) is 40.0 Å². The van der Waals surface area contributed by atoms with Gasteiger partial charge in [0.25, 0.3) is 0 Å². The first-order chi connectivity index (χ1) is 7.31. The molecule has 0 unspecified atom stereocenters. The van der Waals surface area contributed by atoms with Crippen LogP contribution in [0, 0.1) is 0 Å². The lowest BCUT2D eigenvalue weighted by Crippen LogP contribution is -2.30. The molecular weight excluding hydrogens is 192 g/mol. The highest BCUT2D eigenvalue weighted by Gasteiger charge is 1.93. The van der Waals surface area contributed by atoms with Gasteiger partial charge in [0.1, 0.15) is 0 Å². The van der Waals surface area contributed by atoms with Gasteiger partial charge in [0.05, 0.1) is 6.61 Å². The zero-order chi connectivity index (χ0) is 11.4. The summed E-state index contributed by atoms with van der Waals surface area (Å²) in [4.78, 5) is 2.28. The summed E-state index contributed by atoms with van der Waals surface area (Å²) in [5.41, 5.74) is 0. The third-order valence-corrected chi connectivity index (χ3v) is 2.27. The van der Waals surface area contributed by atoms with Crippen molar-refractivity contribution in [3.63, 3.8) is 0 Å². The Morgan fingerprint density at radius 1 is 1.13 bits per heavy atom. The number of likely N-dealkylation sites (N-methyl/N-ethyl adjacent to an activating group) is 1. The van der Waals surface area contributed by atoms with E-state index >= 15 is 0 Å². The molecule has 0 aliphatic rings. The molecule has 4 nitrogen and oxygen atoms in total. The van der Waals surface area contributed by atoms with Crippen LogP contribution in [0.5, 0.6) is 0 Å². The molecule has 0 fully saturated rings. The summed E-state index contributed by atoms with van der Waals surface area (Å²) >= 11 is 0. The predicted octanol–water partition coefficient (Wildman–Crippen LogP) is 0.581. The molecule has 0 aromatic carbocycles. The minimum atomic E-state index is 0.786. The Hall–Kier alpha value is -0.160. The van der Waals surface area contributed by atoms with Crippen molar-refractivity contribution in [2.75, 3.05) is 60.2 Å². The van der Waals surface area contributed by atoms with Gasteiger partial charge in [0.15, 0.2) is 0 Å². The Morgan fingerprint density at radius 3 is 2.60 bits per heavy atom. The average molecular weight is 218 g/mol. The second-order valence-corrected chi connectivity index (χ2v) is 3.60. The van der Waals surface area contributed by atoms with Gasteiger partial charge in [0.2, 0.25) is 0 Å². The molecule has 0 radical (unpaired) electrons. The van der Waals surface area contributed by atoms with Gasteiger partial charge < -0.3 is 19.7 Å². The van der Waals surface area contributed by atoms with E-state index in [2.05, 4.69) is 24.2 Å². The molecule has 0 saturated heterocycles. The molecule has 1 N–H and O–H groups in total. The lowest BCUT2D eigenvalue weighted by Gasteiger charge is -2.13. The van der Waals surface area contributed by atoms with Gasteiger partial charge in [-0.2, -0.15) is 0 Å². The zero-order valence-electron chi connectivity index (χ0n) is 10.4. The standard InChI is InChI=1S/C11H26N2O2/c1-4-13(2)8-6-12-7-11-15-10-5-9-14-3/h12H,4-11H2,1-3H3. The van der Waals surface area contributed by atoms with E-state index in [0.29, 0.717) is 0 Å². The van der Waals surface area contributed by atoms with E-state index in [9.17, 15) is 0 Å². The molecule has 92 valence electrons. The van der Waals surface area contributed by atoms with Crippen LogP contribution in [0.25, 0.3) is 0 Å². The first-order valence-corrected chi connectivity index (χ1v) is 5.77. The minimum Gasteiger partial charge on any atom is -0.385 e. The van der Waals surface area contributed by atoms with Crippen LogP contribution in [0.15, 0.2) is 0 Å². The fourth-order valence-electron chi connectivity index (χ4n) is 1.10. The molecular formula is C11H26N2O2. The Balaban J connectivity index is 2.92. The minimum absolute atomic E-state index is 0.786. The quantitative estimate of drug-likeness (QED) is 0.514. The number of nitrogens with one attached hydrogen (secondary N) is 1. The number of hydrogen-bond acceptors (Lipinski definition) is 4. The van der Waals surface area contributed by atoms with Crippen LogP contribution in [0.1, 0.15) is 13.3 Å². The largest absolute Gasteiger partial charge is 0.385 e. The molecule has 0 aliphatic carbocycles. The Morgan fingerprint density at radius 2 is 1.93 bits per heavy atom. The van der Waals surface area contributed by atoms with Crippen LogP contribution in [0.3, 0.4) is 0 Å². The third-order valence-electron chi connectivity index (χ3n) is 2.27. The Labute approximate surface area is 93.9 Å². The highest BCUT2D eigenvalue weighted by atomic mass is 16.5. The lowest BCUT2D eigenvalue weighted by atomic mass is 10.5. The van der Waals surface area contributed by atoms with Gasteiger partial charge in [-0.1, -0.05) is 6.92 Å². The van der Waals surface area contributed by atoms with Crippen LogP contribution in [0.2, 0.25) is 0 Å². The molecule has 0 spiro atoms. The molecule has 0 rings (SSSR count). The first-order valence-electron chi connectivity index (χ1n) is 5.77. The van der Waals surface area contributed by atoms with E-state index in [1.165, 1.54) is 0 Å². The van der Waals surface area contributed by atoms with Crippen molar-refractivity contribution in [2.24, 2.45) is 0 Å². The van der Waals surface area contributed by atoms with E-state index in [0.717, 1.165) is 52.4 Å². The summed E-state index contributed by atoms with van der Waals surface area (Å²) in [6.45, 7) is 8.71. The second kappa shape index (κ2) is 11.9. The number of rotatable bonds is 11. The number of methoxy groups -OCH3 is 1. The van der Waals surface area contributed by atoms with Crippen molar-refractivity contribution in [3.8, 4) is 0 Å². The molecule has 0 atom stereocenters. The fraction of sp³-hybridized carbons (Fsp3) is 1.00. The van der Waals surface area contributed by atoms with Crippen LogP contribution in [-0.2, 0) is 9.47 Å². The fourth-order valence-corrected chi connectivity index (χ4v) is 1.10. The first kappa shape index (κ1) is 14.8. The third kappa shape index (κ3) is 11.8. The lowest BCUT2D eigenvalue weighted by molar-refractivity contribution is 0.104. The summed E-state index contributed by atoms with van der Waals surface area (Å²) in [6.07, 6.45) is 0.981. The van der Waals surface area contributed by atoms with E-state index in [1.807, 2.05) is 0 Å². The smallest absolute Gasteiger partial charge is 0.0590 e. The highest BCUT2D eigenvalue weighted by Crippen LogP contribution is 1.82. The van der Waals surface area contributed by atoms with Gasteiger partial charge in [-0.25, -0.2) is 0 Å². The second-order valence-electron chi connectivity index (χ2n) is 3.60. The molecule has 0 aromatic rings. The van der Waals surface area contributed by atoms with E-state index < -0.39 is 0 Å². The van der Waals surface area contributed by atoms with Crippen LogP contribution in [0.4, 0.5) is 0 Å². The predicted molar refractivity (Wildman–Crippen MR) is 63.4 cm³/mol. The van der Waals surface area contributed by atoms with Crippen molar-refractivity contribution in [1.82, 2.24) is 10.2 Å². The maximum Gasteiger partial charge on any atom is 0.0590 e. The summed E-state index contributed by atoms with van der Waals surface area (Å²) in [7, 11) is 3.84. The monoisotopic (exact) mass is 218 g/mol. The van der Waals surface area contributed by atoms with E-state index in [-0.39, 0.29) is 0 Å². The molecule has 0 aliphatic heterocycles. The highest BCUT2D eigenvalue weighted by molar-refractivity contribution is 4.52. The van der Waals surface area contributed by atoms with Crippen molar-refractivity contribution in [2.45, 2.75) is 13.3 Å². The summed E-state index contributed by atoms with van der Waals surface area (Å²) in [5.74, 6) is 0. The average Bonchev–Trinajstić information content (AvgIpc) is 2.26. The summed E-state index contributed by atoms with van der Waals surface area (Å²) in [5, 5.41) is 3.34. The normalized spacial score (nSPS) is 11.2. The van der Waals surface area contributed by atoms with E-state index in [4.69, 9.17) is 9.47 Å². The van der Waals surface area contributed by atoms with Gasteiger partial charge in [-0.05, 0) is 20.0 Å². The number of hydrogen-bond donors (Lipinski definition) is 1. The Bertz CT molecular complexity index is 123. The number of nitrogens with zero attached hydrogens (tertiary/aromatic N) is 1. The van der Waals surface area contributed by atoms with Crippen molar-refractivity contribution in [3.05, 3.63) is 0 Å². The molecule has 4 heteroatoms. The number of ether oxygens (including phenoxy) is 2. The molecule has 0 aromatic heterocycles. The van der Waals surface area contributed by atoms with Crippen molar-refractivity contribution >= 4 is 0 Å². The molecule has 0 amide bonds. The zero-order valence-corrected chi connectivity index (χ0v) is 10.4. The van der Waals surface area contributed by atoms with Gasteiger partial charge in [-0.3, -0.25) is 0 Å². The topological polar surface area (TPSA) is 33.7 Å². The van der Waals surface area contributed by atoms with Crippen LogP contribution < -0.4 is 5.32 Å². The van der Waals surface area contributed by atoms with Crippen LogP contribution in [-0.4, -0.2) is 65.1 Å². The maximum absolute atomic E-state index is 5.41. The molecule has 0 saturated carbocycles. The summed E-state index contributed by atoms with van der Waals surface area (Å²) in [6, 6.07) is 0. The van der Waals surface area contributed by atoms with Gasteiger partial charge >= 0.3 is 0 Å². The Kier molecular flexibility index (Phi) is 11.8. The summed E-state index contributed by atoms with van der Waals surface area (Å²) < 4.78 is 10.3. The van der Waals surface area contributed by atoms with Gasteiger partial charge in [-0.15, -0.1) is 0 Å². The van der Waals surface area contributed by atoms with E-state index in [1.54, 1.807) is 7.11 Å². The molecule has 0 heterocycles. The SMILES string of the molecule is CCN(C)CCNCCOCCCOC. The molecule has 15 heavy (non-hydrogen) atoms.